The summed E-state index contributed by atoms with van der Waals surface area (Å²) >= 11 is 5.46. The molecule has 3 aromatic carbocycles. The number of carboxylic acid groups (broad SMARTS) is 1. The molecule has 1 heterocycles. The monoisotopic (exact) mass is 568 g/mol. The molecule has 4 rings (SSSR count). The minimum atomic E-state index is -0.881. The molecule has 0 spiro atoms. The first-order valence-electron chi connectivity index (χ1n) is 11.7. The van der Waals surface area contributed by atoms with E-state index in [0.717, 1.165) is 33.6 Å². The molecule has 0 amide bonds. The van der Waals surface area contributed by atoms with E-state index < -0.39 is 11.8 Å². The Labute approximate surface area is 222 Å². The SMILES string of the molecule is CCCSc1ccc(-n2nc(-c3cc(F)ccc3OCCCC(=O)O)cc2-c2ccccc2Br)cc1. The standard InChI is InChI=1S/C28H26BrFN2O3S/c1-2-16-36-21-12-10-20(11-13-21)32-26(22-6-3-4-7-24(22)29)18-25(31-32)23-17-19(30)9-14-27(23)35-15-5-8-28(33)34/h3-4,6-7,9-14,17-18H,2,5,8,15-16H2,1H3,(H,33,34). The fraction of sp³-hybridized carbons (Fsp3) is 0.214. The average molecular weight is 569 g/mol. The number of benzene rings is 3. The Bertz CT molecular complexity index is 1340. The maximum atomic E-state index is 14.3. The molecule has 5 nitrogen and oxygen atoms in total. The molecular weight excluding hydrogens is 543 g/mol. The number of nitrogens with zero attached hydrogens (tertiary/aromatic N) is 2. The van der Waals surface area contributed by atoms with Gasteiger partial charge in [-0.2, -0.15) is 5.10 Å². The third kappa shape index (κ3) is 6.36. The number of rotatable bonds is 11. The smallest absolute Gasteiger partial charge is 0.303 e. The molecule has 0 radical (unpaired) electrons. The van der Waals surface area contributed by atoms with Crippen molar-refractivity contribution in [1.82, 2.24) is 9.78 Å². The molecule has 36 heavy (non-hydrogen) atoms. The molecule has 0 atom stereocenters. The second-order valence-corrected chi connectivity index (χ2v) is 10.2. The van der Waals surface area contributed by atoms with Crippen LogP contribution in [0.15, 0.2) is 82.2 Å². The second kappa shape index (κ2) is 12.2. The van der Waals surface area contributed by atoms with Crippen LogP contribution in [0, 0.1) is 5.82 Å². The van der Waals surface area contributed by atoms with Gasteiger partial charge >= 0.3 is 5.97 Å². The predicted octanol–water partition coefficient (Wildman–Crippen LogP) is 7.85. The molecule has 0 saturated carbocycles. The number of carbonyl (C=O) groups is 1. The fourth-order valence-electron chi connectivity index (χ4n) is 3.71. The van der Waals surface area contributed by atoms with Crippen LogP contribution in [0.1, 0.15) is 26.2 Å². The summed E-state index contributed by atoms with van der Waals surface area (Å²) < 4.78 is 22.9. The molecule has 1 aromatic heterocycles. The van der Waals surface area contributed by atoms with Crippen LogP contribution in [0.2, 0.25) is 0 Å². The lowest BCUT2D eigenvalue weighted by molar-refractivity contribution is -0.137. The number of aliphatic carboxylic acids is 1. The van der Waals surface area contributed by atoms with Gasteiger partial charge in [-0.3, -0.25) is 4.79 Å². The molecule has 0 fully saturated rings. The zero-order valence-electron chi connectivity index (χ0n) is 19.8. The highest BCUT2D eigenvalue weighted by Gasteiger charge is 2.18. The molecule has 186 valence electrons. The summed E-state index contributed by atoms with van der Waals surface area (Å²) in [5.41, 5.74) is 3.73. The molecule has 0 aliphatic heterocycles. The number of aromatic nitrogens is 2. The van der Waals surface area contributed by atoms with Gasteiger partial charge in [-0.05, 0) is 73.2 Å². The van der Waals surface area contributed by atoms with Gasteiger partial charge in [0.15, 0.2) is 0 Å². The molecule has 8 heteroatoms. The average Bonchev–Trinajstić information content (AvgIpc) is 3.31. The Kier molecular flexibility index (Phi) is 8.83. The van der Waals surface area contributed by atoms with Crippen LogP contribution in [-0.2, 0) is 4.79 Å². The van der Waals surface area contributed by atoms with E-state index in [2.05, 4.69) is 35.0 Å². The van der Waals surface area contributed by atoms with Crippen LogP contribution in [0.3, 0.4) is 0 Å². The van der Waals surface area contributed by atoms with Crippen molar-refractivity contribution in [2.45, 2.75) is 31.1 Å². The van der Waals surface area contributed by atoms with Gasteiger partial charge in [-0.1, -0.05) is 41.1 Å². The van der Waals surface area contributed by atoms with E-state index >= 15 is 0 Å². The van der Waals surface area contributed by atoms with E-state index in [1.165, 1.54) is 17.0 Å². The van der Waals surface area contributed by atoms with Gasteiger partial charge in [-0.25, -0.2) is 9.07 Å². The number of hydrogen-bond donors (Lipinski definition) is 1. The van der Waals surface area contributed by atoms with Crippen molar-refractivity contribution in [3.8, 4) is 34.0 Å². The van der Waals surface area contributed by atoms with E-state index in [0.29, 0.717) is 23.4 Å². The second-order valence-electron chi connectivity index (χ2n) is 8.14. The first-order valence-corrected chi connectivity index (χ1v) is 13.5. The van der Waals surface area contributed by atoms with Gasteiger partial charge in [0, 0.05) is 26.9 Å². The first-order chi connectivity index (χ1) is 17.5. The van der Waals surface area contributed by atoms with Crippen LogP contribution in [0.5, 0.6) is 5.75 Å². The van der Waals surface area contributed by atoms with Crippen molar-refractivity contribution in [2.24, 2.45) is 0 Å². The summed E-state index contributed by atoms with van der Waals surface area (Å²) in [6.07, 6.45) is 1.46. The molecular formula is C28H26BrFN2O3S. The summed E-state index contributed by atoms with van der Waals surface area (Å²) in [5, 5.41) is 13.8. The third-order valence-electron chi connectivity index (χ3n) is 5.42. The van der Waals surface area contributed by atoms with E-state index in [-0.39, 0.29) is 13.0 Å². The van der Waals surface area contributed by atoms with Crippen molar-refractivity contribution in [2.75, 3.05) is 12.4 Å². The number of halogens is 2. The zero-order valence-corrected chi connectivity index (χ0v) is 22.2. The van der Waals surface area contributed by atoms with E-state index in [4.69, 9.17) is 14.9 Å². The number of hydrogen-bond acceptors (Lipinski definition) is 4. The normalized spacial score (nSPS) is 11.0. The Hall–Kier alpha value is -3.10. The fourth-order valence-corrected chi connectivity index (χ4v) is 4.96. The lowest BCUT2D eigenvalue weighted by Gasteiger charge is -2.10. The van der Waals surface area contributed by atoms with Gasteiger partial charge in [0.05, 0.1) is 23.7 Å². The van der Waals surface area contributed by atoms with Gasteiger partial charge in [0.2, 0.25) is 0 Å². The topological polar surface area (TPSA) is 64.4 Å². The quantitative estimate of drug-likeness (QED) is 0.147. The lowest BCUT2D eigenvalue weighted by atomic mass is 10.1. The van der Waals surface area contributed by atoms with Crippen LogP contribution in [-0.4, -0.2) is 33.2 Å². The summed E-state index contributed by atoms with van der Waals surface area (Å²) in [6.45, 7) is 2.37. The Morgan fingerprint density at radius 1 is 1.08 bits per heavy atom. The minimum absolute atomic E-state index is 0.00384. The van der Waals surface area contributed by atoms with E-state index in [1.807, 2.05) is 58.9 Å². The molecule has 0 aliphatic rings. The van der Waals surface area contributed by atoms with Crippen molar-refractivity contribution in [1.29, 1.82) is 0 Å². The largest absolute Gasteiger partial charge is 0.493 e. The number of ether oxygens (including phenoxy) is 1. The van der Waals surface area contributed by atoms with Crippen molar-refractivity contribution in [3.05, 3.63) is 83.1 Å². The Morgan fingerprint density at radius 2 is 1.86 bits per heavy atom. The van der Waals surface area contributed by atoms with Crippen LogP contribution in [0.4, 0.5) is 4.39 Å². The van der Waals surface area contributed by atoms with Gasteiger partial charge < -0.3 is 9.84 Å². The Balaban J connectivity index is 1.76. The highest BCUT2D eigenvalue weighted by molar-refractivity contribution is 9.10. The predicted molar refractivity (Wildman–Crippen MR) is 145 cm³/mol. The Morgan fingerprint density at radius 3 is 2.58 bits per heavy atom. The van der Waals surface area contributed by atoms with Crippen LogP contribution < -0.4 is 4.74 Å². The van der Waals surface area contributed by atoms with Crippen molar-refractivity contribution in [3.63, 3.8) is 0 Å². The lowest BCUT2D eigenvalue weighted by Crippen LogP contribution is -2.03. The van der Waals surface area contributed by atoms with Crippen molar-refractivity contribution >= 4 is 33.7 Å². The summed E-state index contributed by atoms with van der Waals surface area (Å²) in [5.74, 6) is 0.227. The molecule has 0 unspecified atom stereocenters. The number of carboxylic acids is 1. The molecule has 0 saturated heterocycles. The maximum absolute atomic E-state index is 14.3. The van der Waals surface area contributed by atoms with E-state index in [9.17, 15) is 9.18 Å². The molecule has 4 aromatic rings. The maximum Gasteiger partial charge on any atom is 0.303 e. The third-order valence-corrected chi connectivity index (χ3v) is 7.33. The van der Waals surface area contributed by atoms with Crippen LogP contribution in [0.25, 0.3) is 28.2 Å². The zero-order chi connectivity index (χ0) is 25.5. The van der Waals surface area contributed by atoms with E-state index in [1.54, 1.807) is 6.07 Å². The van der Waals surface area contributed by atoms with Crippen molar-refractivity contribution < 1.29 is 19.0 Å². The number of thioether (sulfide) groups is 1. The summed E-state index contributed by atoms with van der Waals surface area (Å²) in [6, 6.07) is 22.3. The highest BCUT2D eigenvalue weighted by atomic mass is 79.9. The minimum Gasteiger partial charge on any atom is -0.493 e. The van der Waals surface area contributed by atoms with Crippen LogP contribution >= 0.6 is 27.7 Å². The highest BCUT2D eigenvalue weighted by Crippen LogP contribution is 2.37. The summed E-state index contributed by atoms with van der Waals surface area (Å²) in [7, 11) is 0. The van der Waals surface area contributed by atoms with Gasteiger partial charge in [0.25, 0.3) is 0 Å². The van der Waals surface area contributed by atoms with Gasteiger partial charge in [0.1, 0.15) is 11.6 Å². The molecule has 0 aliphatic carbocycles. The van der Waals surface area contributed by atoms with Gasteiger partial charge in [-0.15, -0.1) is 11.8 Å². The molecule has 1 N–H and O–H groups in total. The summed E-state index contributed by atoms with van der Waals surface area (Å²) in [4.78, 5) is 12.0. The first kappa shape index (κ1) is 26.0. The molecule has 0 bridgehead atoms.